The Morgan fingerprint density at radius 3 is 2.20 bits per heavy atom. The van der Waals surface area contributed by atoms with Gasteiger partial charge < -0.3 is 4.74 Å². The third-order valence-corrected chi connectivity index (χ3v) is 5.29. The van der Waals surface area contributed by atoms with Gasteiger partial charge in [0.2, 0.25) is 10.0 Å². The van der Waals surface area contributed by atoms with Crippen molar-refractivity contribution in [1.29, 1.82) is 0 Å². The maximum atomic E-state index is 12.5. The number of hydrogen-bond acceptors (Lipinski definition) is 3. The molecule has 0 saturated heterocycles. The maximum Gasteiger partial charge on any atom is 0.243 e. The van der Waals surface area contributed by atoms with E-state index in [1.807, 2.05) is 34.6 Å². The molecule has 4 nitrogen and oxygen atoms in total. The summed E-state index contributed by atoms with van der Waals surface area (Å²) in [7, 11) is -3.41. The molecule has 0 N–H and O–H groups in total. The van der Waals surface area contributed by atoms with Crippen LogP contribution in [0.3, 0.4) is 0 Å². The van der Waals surface area contributed by atoms with E-state index in [1.54, 1.807) is 18.2 Å². The molecule has 20 heavy (non-hydrogen) atoms. The number of sulfonamides is 1. The highest BCUT2D eigenvalue weighted by Gasteiger charge is 2.23. The minimum atomic E-state index is -3.41. The van der Waals surface area contributed by atoms with Crippen LogP contribution in [-0.2, 0) is 10.0 Å². The van der Waals surface area contributed by atoms with Gasteiger partial charge in [0, 0.05) is 13.1 Å². The van der Waals surface area contributed by atoms with Gasteiger partial charge in [-0.1, -0.05) is 27.7 Å². The summed E-state index contributed by atoms with van der Waals surface area (Å²) in [6, 6.07) is 5.13. The minimum absolute atomic E-state index is 0.211. The van der Waals surface area contributed by atoms with Gasteiger partial charge in [0.1, 0.15) is 5.75 Å². The van der Waals surface area contributed by atoms with E-state index >= 15 is 0 Å². The molecule has 0 radical (unpaired) electrons. The molecule has 0 aliphatic rings. The molecule has 5 heteroatoms. The lowest BCUT2D eigenvalue weighted by molar-refractivity contribution is 0.335. The lowest BCUT2D eigenvalue weighted by atomic mass is 10.0. The Bertz CT molecular complexity index is 534. The Morgan fingerprint density at radius 1 is 1.15 bits per heavy atom. The standard InChI is InChI=1S/C15H25NO3S/c1-6-16(7-2)20(17,18)13-9-10-15(19-8-3)14(11-13)12(4)5/h9-12H,6-8H2,1-5H3. The van der Waals surface area contributed by atoms with Crippen molar-refractivity contribution in [2.24, 2.45) is 0 Å². The Morgan fingerprint density at radius 2 is 1.75 bits per heavy atom. The maximum absolute atomic E-state index is 12.5. The molecule has 0 saturated carbocycles. The molecule has 0 aromatic heterocycles. The lowest BCUT2D eigenvalue weighted by Gasteiger charge is -2.20. The molecule has 1 aromatic carbocycles. The largest absolute Gasteiger partial charge is 0.494 e. The molecule has 0 atom stereocenters. The summed E-state index contributed by atoms with van der Waals surface area (Å²) in [5.74, 6) is 0.976. The summed E-state index contributed by atoms with van der Waals surface area (Å²) in [6.07, 6.45) is 0. The summed E-state index contributed by atoms with van der Waals surface area (Å²) in [5.41, 5.74) is 0.931. The second-order valence-electron chi connectivity index (χ2n) is 4.88. The molecule has 114 valence electrons. The van der Waals surface area contributed by atoms with Crippen molar-refractivity contribution in [3.8, 4) is 5.75 Å². The highest BCUT2D eigenvalue weighted by molar-refractivity contribution is 7.89. The molecule has 1 rings (SSSR count). The first kappa shape index (κ1) is 17.0. The van der Waals surface area contributed by atoms with E-state index < -0.39 is 10.0 Å². The monoisotopic (exact) mass is 299 g/mol. The van der Waals surface area contributed by atoms with Crippen LogP contribution in [0.15, 0.2) is 23.1 Å². The summed E-state index contributed by atoms with van der Waals surface area (Å²) in [6.45, 7) is 11.2. The lowest BCUT2D eigenvalue weighted by Crippen LogP contribution is -2.30. The van der Waals surface area contributed by atoms with Gasteiger partial charge in [-0.15, -0.1) is 0 Å². The topological polar surface area (TPSA) is 46.6 Å². The Kier molecular flexibility index (Phi) is 6.02. The summed E-state index contributed by atoms with van der Waals surface area (Å²) in [5, 5.41) is 0. The smallest absolute Gasteiger partial charge is 0.243 e. The zero-order chi connectivity index (χ0) is 15.3. The van der Waals surface area contributed by atoms with Crippen molar-refractivity contribution in [2.75, 3.05) is 19.7 Å². The van der Waals surface area contributed by atoms with Crippen LogP contribution in [0.4, 0.5) is 0 Å². The van der Waals surface area contributed by atoms with E-state index in [0.717, 1.165) is 11.3 Å². The second kappa shape index (κ2) is 7.09. The quantitative estimate of drug-likeness (QED) is 0.776. The first-order chi connectivity index (χ1) is 9.38. The van der Waals surface area contributed by atoms with Gasteiger partial charge in [-0.25, -0.2) is 8.42 Å². The van der Waals surface area contributed by atoms with Gasteiger partial charge in [0.05, 0.1) is 11.5 Å². The Hall–Kier alpha value is -1.07. The van der Waals surface area contributed by atoms with Crippen LogP contribution in [-0.4, -0.2) is 32.4 Å². The highest BCUT2D eigenvalue weighted by atomic mass is 32.2. The molecular formula is C15H25NO3S. The molecule has 0 spiro atoms. The molecule has 0 aliphatic carbocycles. The third kappa shape index (κ3) is 3.52. The van der Waals surface area contributed by atoms with Crippen molar-refractivity contribution < 1.29 is 13.2 Å². The van der Waals surface area contributed by atoms with Gasteiger partial charge in [0.15, 0.2) is 0 Å². The molecule has 1 aromatic rings. The Labute approximate surface area is 122 Å². The molecule has 0 unspecified atom stereocenters. The average Bonchev–Trinajstić information content (AvgIpc) is 2.40. The van der Waals surface area contributed by atoms with Crippen molar-refractivity contribution in [2.45, 2.75) is 45.4 Å². The first-order valence-electron chi connectivity index (χ1n) is 7.15. The van der Waals surface area contributed by atoms with E-state index in [4.69, 9.17) is 4.74 Å². The molecule has 0 amide bonds. The minimum Gasteiger partial charge on any atom is -0.494 e. The fourth-order valence-electron chi connectivity index (χ4n) is 2.14. The number of benzene rings is 1. The number of rotatable bonds is 7. The van der Waals surface area contributed by atoms with Crippen LogP contribution < -0.4 is 4.74 Å². The Balaban J connectivity index is 3.31. The van der Waals surface area contributed by atoms with E-state index in [-0.39, 0.29) is 5.92 Å². The fourth-order valence-corrected chi connectivity index (χ4v) is 3.63. The van der Waals surface area contributed by atoms with Crippen LogP contribution in [0.25, 0.3) is 0 Å². The zero-order valence-electron chi connectivity index (χ0n) is 13.0. The molecule has 0 heterocycles. The summed E-state index contributed by atoms with van der Waals surface area (Å²) in [4.78, 5) is 0.341. The highest BCUT2D eigenvalue weighted by Crippen LogP contribution is 2.30. The van der Waals surface area contributed by atoms with Gasteiger partial charge >= 0.3 is 0 Å². The van der Waals surface area contributed by atoms with Crippen molar-refractivity contribution >= 4 is 10.0 Å². The summed E-state index contributed by atoms with van der Waals surface area (Å²) < 4.78 is 32.1. The second-order valence-corrected chi connectivity index (χ2v) is 6.81. The number of hydrogen-bond donors (Lipinski definition) is 0. The molecular weight excluding hydrogens is 274 g/mol. The van der Waals surface area contributed by atoms with Crippen LogP contribution in [0, 0.1) is 0 Å². The van der Waals surface area contributed by atoms with Crippen LogP contribution in [0.5, 0.6) is 5.75 Å². The SMILES string of the molecule is CCOc1ccc(S(=O)(=O)N(CC)CC)cc1C(C)C. The number of ether oxygens (including phenoxy) is 1. The van der Waals surface area contributed by atoms with Gasteiger partial charge in [-0.3, -0.25) is 0 Å². The van der Waals surface area contributed by atoms with Gasteiger partial charge in [0.25, 0.3) is 0 Å². The fraction of sp³-hybridized carbons (Fsp3) is 0.600. The predicted octanol–water partition coefficient (Wildman–Crippen LogP) is 3.24. The third-order valence-electron chi connectivity index (χ3n) is 3.25. The van der Waals surface area contributed by atoms with Crippen LogP contribution in [0.2, 0.25) is 0 Å². The summed E-state index contributed by atoms with van der Waals surface area (Å²) >= 11 is 0. The van der Waals surface area contributed by atoms with E-state index in [0.29, 0.717) is 24.6 Å². The van der Waals surface area contributed by atoms with Crippen LogP contribution in [0.1, 0.15) is 46.1 Å². The molecule has 0 fully saturated rings. The van der Waals surface area contributed by atoms with E-state index in [2.05, 4.69) is 0 Å². The average molecular weight is 299 g/mol. The van der Waals surface area contributed by atoms with Gasteiger partial charge in [-0.05, 0) is 36.6 Å². The normalized spacial score (nSPS) is 12.2. The zero-order valence-corrected chi connectivity index (χ0v) is 13.8. The predicted molar refractivity (Wildman–Crippen MR) is 81.8 cm³/mol. The molecule has 0 aliphatic heterocycles. The van der Waals surface area contributed by atoms with Crippen molar-refractivity contribution in [1.82, 2.24) is 4.31 Å². The van der Waals surface area contributed by atoms with Crippen molar-refractivity contribution in [3.63, 3.8) is 0 Å². The molecule has 0 bridgehead atoms. The number of nitrogens with zero attached hydrogens (tertiary/aromatic N) is 1. The van der Waals surface area contributed by atoms with Crippen LogP contribution >= 0.6 is 0 Å². The van der Waals surface area contributed by atoms with E-state index in [1.165, 1.54) is 4.31 Å². The van der Waals surface area contributed by atoms with Crippen molar-refractivity contribution in [3.05, 3.63) is 23.8 Å². The van der Waals surface area contributed by atoms with E-state index in [9.17, 15) is 8.42 Å². The first-order valence-corrected chi connectivity index (χ1v) is 8.59. The van der Waals surface area contributed by atoms with Gasteiger partial charge in [-0.2, -0.15) is 4.31 Å².